The Morgan fingerprint density at radius 3 is 1.65 bits per heavy atom. The zero-order chi connectivity index (χ0) is 30.2. The summed E-state index contributed by atoms with van der Waals surface area (Å²) in [7, 11) is 0. The second-order valence-electron chi connectivity index (χ2n) is 11.8. The number of hydrogen-bond donors (Lipinski definition) is 0. The van der Waals surface area contributed by atoms with Gasteiger partial charge in [-0.25, -0.2) is 9.97 Å². The molecule has 0 atom stereocenters. The van der Waals surface area contributed by atoms with Crippen molar-refractivity contribution in [3.05, 3.63) is 152 Å². The van der Waals surface area contributed by atoms with Crippen molar-refractivity contribution in [2.75, 3.05) is 0 Å². The lowest BCUT2D eigenvalue weighted by molar-refractivity contribution is 0.996. The Bertz CT molecular complexity index is 2740. The van der Waals surface area contributed by atoms with Gasteiger partial charge in [0.25, 0.3) is 0 Å². The van der Waals surface area contributed by atoms with Gasteiger partial charge in [-0.1, -0.05) is 127 Å². The van der Waals surface area contributed by atoms with E-state index < -0.39 is 0 Å². The lowest BCUT2D eigenvalue weighted by Crippen LogP contribution is -2.04. The van der Waals surface area contributed by atoms with Gasteiger partial charge in [-0.3, -0.25) is 4.57 Å². The third kappa shape index (κ3) is 3.71. The van der Waals surface area contributed by atoms with Crippen LogP contribution in [0.1, 0.15) is 0 Å². The molecule has 10 rings (SSSR count). The average molecular weight is 604 g/mol. The first-order chi connectivity index (χ1) is 22.8. The van der Waals surface area contributed by atoms with Crippen molar-refractivity contribution in [1.82, 2.24) is 14.5 Å². The Labute approximate surface area is 268 Å². The maximum Gasteiger partial charge on any atom is 0.235 e. The van der Waals surface area contributed by atoms with Crippen LogP contribution in [-0.2, 0) is 0 Å². The van der Waals surface area contributed by atoms with E-state index in [1.807, 2.05) is 23.5 Å². The highest BCUT2D eigenvalue weighted by molar-refractivity contribution is 7.27. The molecule has 0 aliphatic carbocycles. The molecule has 214 valence electrons. The number of nitrogens with zero attached hydrogens (tertiary/aromatic N) is 3. The summed E-state index contributed by atoms with van der Waals surface area (Å²) in [5.74, 6) is 0.668. The summed E-state index contributed by atoms with van der Waals surface area (Å²) in [5, 5.41) is 10.1. The fourth-order valence-electron chi connectivity index (χ4n) is 7.13. The van der Waals surface area contributed by atoms with E-state index in [4.69, 9.17) is 9.97 Å². The van der Waals surface area contributed by atoms with E-state index in [1.165, 1.54) is 52.5 Å². The molecule has 0 radical (unpaired) electrons. The van der Waals surface area contributed by atoms with Crippen molar-refractivity contribution in [1.29, 1.82) is 0 Å². The first-order valence-corrected chi connectivity index (χ1v) is 16.3. The van der Waals surface area contributed by atoms with E-state index in [1.54, 1.807) is 0 Å². The van der Waals surface area contributed by atoms with Gasteiger partial charge in [-0.05, 0) is 45.8 Å². The molecule has 3 aromatic heterocycles. The van der Waals surface area contributed by atoms with E-state index in [0.29, 0.717) is 5.95 Å². The molecular formula is C42H25N3S. The molecule has 0 aliphatic rings. The molecule has 0 amide bonds. The fourth-order valence-corrected chi connectivity index (χ4v) is 8.40. The third-order valence-electron chi connectivity index (χ3n) is 9.20. The van der Waals surface area contributed by atoms with E-state index in [-0.39, 0.29) is 0 Å². The van der Waals surface area contributed by atoms with E-state index >= 15 is 0 Å². The monoisotopic (exact) mass is 603 g/mol. The van der Waals surface area contributed by atoms with Gasteiger partial charge in [0.1, 0.15) is 0 Å². The van der Waals surface area contributed by atoms with Crippen molar-refractivity contribution < 1.29 is 0 Å². The van der Waals surface area contributed by atoms with Gasteiger partial charge in [0.15, 0.2) is 0 Å². The lowest BCUT2D eigenvalue weighted by atomic mass is 10.0. The minimum atomic E-state index is 0.668. The third-order valence-corrected chi connectivity index (χ3v) is 10.4. The Morgan fingerprint density at radius 2 is 0.978 bits per heavy atom. The van der Waals surface area contributed by atoms with Crippen molar-refractivity contribution in [2.24, 2.45) is 0 Å². The minimum absolute atomic E-state index is 0.668. The van der Waals surface area contributed by atoms with E-state index in [0.717, 1.165) is 33.5 Å². The first-order valence-electron chi connectivity index (χ1n) is 15.5. The Morgan fingerprint density at radius 1 is 0.435 bits per heavy atom. The molecule has 4 heteroatoms. The number of benzene rings is 7. The van der Waals surface area contributed by atoms with Crippen LogP contribution in [0, 0.1) is 0 Å². The predicted octanol–water partition coefficient (Wildman–Crippen LogP) is 11.6. The quantitative estimate of drug-likeness (QED) is 0.201. The van der Waals surface area contributed by atoms with Crippen LogP contribution >= 0.6 is 11.3 Å². The van der Waals surface area contributed by atoms with Gasteiger partial charge in [0.2, 0.25) is 5.95 Å². The second kappa shape index (κ2) is 9.83. The van der Waals surface area contributed by atoms with Crippen LogP contribution in [0.2, 0.25) is 0 Å². The Hall–Kier alpha value is -5.84. The van der Waals surface area contributed by atoms with Crippen LogP contribution in [0.4, 0.5) is 0 Å². The number of thiophene rings is 1. The summed E-state index contributed by atoms with van der Waals surface area (Å²) in [6.07, 6.45) is 0. The largest absolute Gasteiger partial charge is 0.278 e. The Balaban J connectivity index is 1.38. The molecule has 0 N–H and O–H groups in total. The SMILES string of the molecule is c1ccc(-c2cc(-c3ccccc3)nc(-n3c4ccc5ccccc5c4c4c5sc6ccc7ccccc7c6c5ccc43)n2)cc1. The molecule has 0 saturated heterocycles. The predicted molar refractivity (Wildman–Crippen MR) is 195 cm³/mol. The summed E-state index contributed by atoms with van der Waals surface area (Å²) in [6.45, 7) is 0. The van der Waals surface area contributed by atoms with Crippen molar-refractivity contribution in [3.8, 4) is 28.5 Å². The molecular weight excluding hydrogens is 579 g/mol. The molecule has 7 aromatic carbocycles. The number of hydrogen-bond acceptors (Lipinski definition) is 3. The molecule has 3 nitrogen and oxygen atoms in total. The normalized spacial score (nSPS) is 11.9. The van der Waals surface area contributed by atoms with Crippen molar-refractivity contribution in [2.45, 2.75) is 0 Å². The lowest BCUT2D eigenvalue weighted by Gasteiger charge is -2.12. The van der Waals surface area contributed by atoms with E-state index in [2.05, 4.69) is 144 Å². The molecule has 0 bridgehead atoms. The highest BCUT2D eigenvalue weighted by atomic mass is 32.1. The number of fused-ring (bicyclic) bond motifs is 11. The number of rotatable bonds is 3. The van der Waals surface area contributed by atoms with Gasteiger partial charge >= 0.3 is 0 Å². The van der Waals surface area contributed by atoms with Crippen molar-refractivity contribution in [3.63, 3.8) is 0 Å². The summed E-state index contributed by atoms with van der Waals surface area (Å²) in [4.78, 5) is 10.5. The summed E-state index contributed by atoms with van der Waals surface area (Å²) >= 11 is 1.88. The van der Waals surface area contributed by atoms with Crippen LogP contribution < -0.4 is 0 Å². The highest BCUT2D eigenvalue weighted by Crippen LogP contribution is 2.46. The van der Waals surface area contributed by atoms with Crippen molar-refractivity contribution >= 4 is 74.9 Å². The number of aromatic nitrogens is 3. The maximum absolute atomic E-state index is 5.27. The first kappa shape index (κ1) is 25.5. The van der Waals surface area contributed by atoms with Crippen LogP contribution in [0.3, 0.4) is 0 Å². The molecule has 46 heavy (non-hydrogen) atoms. The fraction of sp³-hybridized carbons (Fsp3) is 0. The Kier molecular flexibility index (Phi) is 5.45. The minimum Gasteiger partial charge on any atom is -0.278 e. The molecule has 0 unspecified atom stereocenters. The zero-order valence-corrected chi connectivity index (χ0v) is 25.5. The molecule has 3 heterocycles. The molecule has 0 spiro atoms. The van der Waals surface area contributed by atoms with Crippen LogP contribution in [0.5, 0.6) is 0 Å². The maximum atomic E-state index is 5.27. The molecule has 0 saturated carbocycles. The second-order valence-corrected chi connectivity index (χ2v) is 12.8. The topological polar surface area (TPSA) is 30.7 Å². The van der Waals surface area contributed by atoms with Gasteiger partial charge in [0.05, 0.1) is 22.4 Å². The van der Waals surface area contributed by atoms with Gasteiger partial charge in [0, 0.05) is 42.1 Å². The van der Waals surface area contributed by atoms with Crippen LogP contribution in [-0.4, -0.2) is 14.5 Å². The summed E-state index contributed by atoms with van der Waals surface area (Å²) in [5.41, 5.74) is 6.14. The standard InChI is InChI=1S/C42H25N3S/c1-3-13-28(14-4-1)33-25-34(29-15-5-2-6-16-29)44-42(43-33)45-35-22-19-26-11-8-10-18-31(26)39(35)40-36(45)23-21-32-38-30-17-9-7-12-27(30)20-24-37(38)46-41(32)40/h1-25H. The summed E-state index contributed by atoms with van der Waals surface area (Å²) in [6, 6.07) is 53.9. The molecule has 0 fully saturated rings. The van der Waals surface area contributed by atoms with E-state index in [9.17, 15) is 0 Å². The van der Waals surface area contributed by atoms with Gasteiger partial charge in [-0.15, -0.1) is 11.3 Å². The zero-order valence-electron chi connectivity index (χ0n) is 24.7. The molecule has 0 aliphatic heterocycles. The van der Waals surface area contributed by atoms with Gasteiger partial charge < -0.3 is 0 Å². The van der Waals surface area contributed by atoms with Gasteiger partial charge in [-0.2, -0.15) is 0 Å². The van der Waals surface area contributed by atoms with Crippen LogP contribution in [0.15, 0.2) is 152 Å². The average Bonchev–Trinajstić information content (AvgIpc) is 3.68. The molecule has 10 aromatic rings. The smallest absolute Gasteiger partial charge is 0.235 e. The highest BCUT2D eigenvalue weighted by Gasteiger charge is 2.22. The summed E-state index contributed by atoms with van der Waals surface area (Å²) < 4.78 is 4.88. The van der Waals surface area contributed by atoms with Crippen LogP contribution in [0.25, 0.3) is 92.0 Å².